The molecule has 2 amide bonds. The summed E-state index contributed by atoms with van der Waals surface area (Å²) in [6, 6.07) is 2.91. The van der Waals surface area contributed by atoms with E-state index in [4.69, 9.17) is 0 Å². The van der Waals surface area contributed by atoms with Crippen molar-refractivity contribution in [1.82, 2.24) is 15.2 Å². The van der Waals surface area contributed by atoms with Gasteiger partial charge in [-0.05, 0) is 24.5 Å². The maximum atomic E-state index is 12.2. The molecule has 0 radical (unpaired) electrons. The molecule has 2 rings (SSSR count). The van der Waals surface area contributed by atoms with Gasteiger partial charge in [0.05, 0.1) is 6.54 Å². The van der Waals surface area contributed by atoms with Crippen molar-refractivity contribution in [2.75, 3.05) is 19.7 Å². The second kappa shape index (κ2) is 9.40. The van der Waals surface area contributed by atoms with E-state index >= 15 is 0 Å². The first-order valence-electron chi connectivity index (χ1n) is 8.52. The lowest BCUT2D eigenvalue weighted by molar-refractivity contribution is -0.154. The van der Waals surface area contributed by atoms with E-state index in [1.165, 1.54) is 12.3 Å². The predicted molar refractivity (Wildman–Crippen MR) is 87.3 cm³/mol. The van der Waals surface area contributed by atoms with Crippen LogP contribution in [0.15, 0.2) is 18.3 Å². The van der Waals surface area contributed by atoms with Gasteiger partial charge in [-0.1, -0.05) is 12.8 Å². The van der Waals surface area contributed by atoms with Crippen LogP contribution in [-0.4, -0.2) is 47.6 Å². The first-order chi connectivity index (χ1) is 12.3. The molecule has 1 aromatic rings. The zero-order chi connectivity index (χ0) is 19.0. The SMILES string of the molecule is O=C(CN1CCCCCCC1=O)NCc1ccnc(OCC(F)(F)F)c1. The fourth-order valence-electron chi connectivity index (χ4n) is 2.61. The van der Waals surface area contributed by atoms with Crippen molar-refractivity contribution in [3.8, 4) is 5.88 Å². The van der Waals surface area contributed by atoms with E-state index in [2.05, 4.69) is 15.0 Å². The predicted octanol–water partition coefficient (Wildman–Crippen LogP) is 2.43. The van der Waals surface area contributed by atoms with Crippen LogP contribution in [0.25, 0.3) is 0 Å². The van der Waals surface area contributed by atoms with Crippen molar-refractivity contribution < 1.29 is 27.5 Å². The number of hydrogen-bond donors (Lipinski definition) is 1. The van der Waals surface area contributed by atoms with Gasteiger partial charge in [0, 0.05) is 31.8 Å². The molecule has 1 aromatic heterocycles. The molecule has 6 nitrogen and oxygen atoms in total. The number of halogens is 3. The van der Waals surface area contributed by atoms with Crippen molar-refractivity contribution in [1.29, 1.82) is 0 Å². The number of hydrogen-bond acceptors (Lipinski definition) is 4. The maximum absolute atomic E-state index is 12.2. The van der Waals surface area contributed by atoms with Crippen LogP contribution in [0.4, 0.5) is 13.2 Å². The number of likely N-dealkylation sites (tertiary alicyclic amines) is 1. The van der Waals surface area contributed by atoms with Gasteiger partial charge in [0.2, 0.25) is 17.7 Å². The monoisotopic (exact) mass is 373 g/mol. The number of aromatic nitrogens is 1. The van der Waals surface area contributed by atoms with Gasteiger partial charge in [0.25, 0.3) is 0 Å². The molecule has 0 atom stereocenters. The Morgan fingerprint density at radius 2 is 2.04 bits per heavy atom. The summed E-state index contributed by atoms with van der Waals surface area (Å²) in [5, 5.41) is 2.66. The van der Waals surface area contributed by atoms with Crippen LogP contribution in [0.1, 0.15) is 37.7 Å². The third-order valence-electron chi connectivity index (χ3n) is 3.93. The fraction of sp³-hybridized carbons (Fsp3) is 0.588. The topological polar surface area (TPSA) is 71.5 Å². The largest absolute Gasteiger partial charge is 0.468 e. The molecule has 26 heavy (non-hydrogen) atoms. The average Bonchev–Trinajstić information content (AvgIpc) is 2.58. The summed E-state index contributed by atoms with van der Waals surface area (Å²) < 4.78 is 41.1. The van der Waals surface area contributed by atoms with Crippen LogP contribution in [0.5, 0.6) is 5.88 Å². The summed E-state index contributed by atoms with van der Waals surface area (Å²) in [6.07, 6.45) is 1.13. The van der Waals surface area contributed by atoms with Gasteiger partial charge < -0.3 is 15.0 Å². The summed E-state index contributed by atoms with van der Waals surface area (Å²) in [4.78, 5) is 29.3. The maximum Gasteiger partial charge on any atom is 0.422 e. The van der Waals surface area contributed by atoms with Gasteiger partial charge in [0.15, 0.2) is 6.61 Å². The lowest BCUT2D eigenvalue weighted by Gasteiger charge is -2.24. The van der Waals surface area contributed by atoms with E-state index < -0.39 is 12.8 Å². The molecule has 1 aliphatic heterocycles. The van der Waals surface area contributed by atoms with Crippen LogP contribution in [0, 0.1) is 0 Å². The highest BCUT2D eigenvalue weighted by Gasteiger charge is 2.28. The lowest BCUT2D eigenvalue weighted by Crippen LogP contribution is -2.41. The van der Waals surface area contributed by atoms with Gasteiger partial charge in [-0.3, -0.25) is 9.59 Å². The zero-order valence-electron chi connectivity index (χ0n) is 14.3. The number of nitrogens with zero attached hydrogens (tertiary/aromatic N) is 2. The van der Waals surface area contributed by atoms with Crippen molar-refractivity contribution in [2.24, 2.45) is 0 Å². The molecule has 1 aliphatic rings. The third-order valence-corrected chi connectivity index (χ3v) is 3.93. The van der Waals surface area contributed by atoms with E-state index in [0.29, 0.717) is 18.5 Å². The Balaban J connectivity index is 1.82. The molecule has 0 spiro atoms. The molecule has 1 N–H and O–H groups in total. The number of rotatable bonds is 6. The Hall–Kier alpha value is -2.32. The van der Waals surface area contributed by atoms with Crippen molar-refractivity contribution in [3.63, 3.8) is 0 Å². The lowest BCUT2D eigenvalue weighted by atomic mass is 10.1. The summed E-state index contributed by atoms with van der Waals surface area (Å²) in [5.74, 6) is -0.492. The molecule has 1 fully saturated rings. The Morgan fingerprint density at radius 3 is 2.81 bits per heavy atom. The summed E-state index contributed by atoms with van der Waals surface area (Å²) in [7, 11) is 0. The highest BCUT2D eigenvalue weighted by atomic mass is 19.4. The second-order valence-electron chi connectivity index (χ2n) is 6.16. The van der Waals surface area contributed by atoms with Gasteiger partial charge in [-0.25, -0.2) is 4.98 Å². The van der Waals surface area contributed by atoms with Crippen LogP contribution < -0.4 is 10.1 Å². The number of nitrogens with one attached hydrogen (secondary N) is 1. The zero-order valence-corrected chi connectivity index (χ0v) is 14.3. The Labute approximate surface area is 149 Å². The minimum absolute atomic E-state index is 0.0126. The van der Waals surface area contributed by atoms with E-state index in [1.54, 1.807) is 11.0 Å². The van der Waals surface area contributed by atoms with E-state index in [1.807, 2.05) is 0 Å². The first-order valence-corrected chi connectivity index (χ1v) is 8.52. The molecule has 1 saturated heterocycles. The highest BCUT2D eigenvalue weighted by molar-refractivity contribution is 5.84. The average molecular weight is 373 g/mol. The number of ether oxygens (including phenoxy) is 1. The molecule has 9 heteroatoms. The third kappa shape index (κ3) is 7.28. The normalized spacial score (nSPS) is 16.0. The molecule has 0 bridgehead atoms. The Bertz CT molecular complexity index is 623. The smallest absolute Gasteiger partial charge is 0.422 e. The number of carbonyl (C=O) groups is 2. The standard InChI is InChI=1S/C17H22F3N3O3/c18-17(19,20)12-26-15-9-13(6-7-21-15)10-22-14(24)11-23-8-4-2-1-3-5-16(23)25/h6-7,9H,1-5,8,10-12H2,(H,22,24). The Kier molecular flexibility index (Phi) is 7.23. The number of pyridine rings is 1. The first kappa shape index (κ1) is 20.0. The molecule has 0 saturated carbocycles. The summed E-state index contributed by atoms with van der Waals surface area (Å²) in [6.45, 7) is -0.753. The van der Waals surface area contributed by atoms with Gasteiger partial charge in [-0.15, -0.1) is 0 Å². The second-order valence-corrected chi connectivity index (χ2v) is 6.16. The number of amides is 2. The molecule has 0 aliphatic carbocycles. The minimum Gasteiger partial charge on any atom is -0.468 e. The van der Waals surface area contributed by atoms with E-state index in [-0.39, 0.29) is 30.8 Å². The van der Waals surface area contributed by atoms with Crippen LogP contribution in [0.2, 0.25) is 0 Å². The van der Waals surface area contributed by atoms with Crippen LogP contribution in [0.3, 0.4) is 0 Å². The number of alkyl halides is 3. The van der Waals surface area contributed by atoms with Crippen molar-refractivity contribution >= 4 is 11.8 Å². The summed E-state index contributed by atoms with van der Waals surface area (Å²) in [5.41, 5.74) is 0.560. The minimum atomic E-state index is -4.44. The van der Waals surface area contributed by atoms with E-state index in [9.17, 15) is 22.8 Å². The molecule has 0 unspecified atom stereocenters. The van der Waals surface area contributed by atoms with Crippen molar-refractivity contribution in [3.05, 3.63) is 23.9 Å². The van der Waals surface area contributed by atoms with Gasteiger partial charge in [-0.2, -0.15) is 13.2 Å². The molecule has 2 heterocycles. The summed E-state index contributed by atoms with van der Waals surface area (Å²) >= 11 is 0. The molecular weight excluding hydrogens is 351 g/mol. The van der Waals surface area contributed by atoms with E-state index in [0.717, 1.165) is 25.7 Å². The molecule has 144 valence electrons. The van der Waals surface area contributed by atoms with Crippen LogP contribution >= 0.6 is 0 Å². The van der Waals surface area contributed by atoms with Crippen LogP contribution in [-0.2, 0) is 16.1 Å². The Morgan fingerprint density at radius 1 is 1.27 bits per heavy atom. The van der Waals surface area contributed by atoms with Crippen molar-refractivity contribution in [2.45, 2.75) is 44.8 Å². The quantitative estimate of drug-likeness (QED) is 0.831. The van der Waals surface area contributed by atoms with Gasteiger partial charge in [0.1, 0.15) is 0 Å². The molecular formula is C17H22F3N3O3. The molecule has 0 aromatic carbocycles. The fourth-order valence-corrected chi connectivity index (χ4v) is 2.61. The highest BCUT2D eigenvalue weighted by Crippen LogP contribution is 2.17. The number of carbonyl (C=O) groups excluding carboxylic acids is 2. The van der Waals surface area contributed by atoms with Gasteiger partial charge >= 0.3 is 6.18 Å².